The molecule has 3 aliphatic rings. The van der Waals surface area contributed by atoms with Crippen molar-refractivity contribution in [2.45, 2.75) is 52.1 Å². The molecule has 0 spiro atoms. The molecule has 3 heteroatoms. The highest BCUT2D eigenvalue weighted by atomic mass is 16.5. The first-order chi connectivity index (χ1) is 10.1. The van der Waals surface area contributed by atoms with Gasteiger partial charge in [0.25, 0.3) is 0 Å². The molecule has 122 valence electrons. The number of likely N-dealkylation sites (tertiary alicyclic amines) is 1. The molecule has 2 aliphatic carbocycles. The van der Waals surface area contributed by atoms with Crippen LogP contribution < -0.4 is 0 Å². The van der Waals surface area contributed by atoms with Gasteiger partial charge in [0, 0.05) is 26.2 Å². The fraction of sp³-hybridized carbons (Fsp3) is 1.00. The highest BCUT2D eigenvalue weighted by molar-refractivity contribution is 4.89. The molecule has 6 atom stereocenters. The molecule has 1 saturated heterocycles. The number of hydrogen-bond donors (Lipinski definition) is 1. The summed E-state index contributed by atoms with van der Waals surface area (Å²) in [6.07, 6.45) is 6.70. The zero-order valence-corrected chi connectivity index (χ0v) is 13.8. The number of β-amino-alcohol motifs (C(OH)–C–C–N with tert-alkyl or cyclic N) is 1. The number of ether oxygens (including phenoxy) is 1. The van der Waals surface area contributed by atoms with E-state index in [4.69, 9.17) is 4.74 Å². The van der Waals surface area contributed by atoms with Crippen molar-refractivity contribution in [1.82, 2.24) is 4.90 Å². The average molecular weight is 295 g/mol. The van der Waals surface area contributed by atoms with Crippen LogP contribution in [0.5, 0.6) is 0 Å². The lowest BCUT2D eigenvalue weighted by Crippen LogP contribution is -2.43. The molecule has 0 aromatic carbocycles. The van der Waals surface area contributed by atoms with Crippen LogP contribution in [0, 0.1) is 29.6 Å². The first-order valence-corrected chi connectivity index (χ1v) is 9.08. The molecule has 3 rings (SSSR count). The molecule has 3 nitrogen and oxygen atoms in total. The maximum atomic E-state index is 10.2. The topological polar surface area (TPSA) is 32.7 Å². The molecular weight excluding hydrogens is 262 g/mol. The Balaban J connectivity index is 1.32. The molecule has 0 unspecified atom stereocenters. The molecule has 3 fully saturated rings. The zero-order chi connectivity index (χ0) is 14.8. The third kappa shape index (κ3) is 4.20. The van der Waals surface area contributed by atoms with Crippen molar-refractivity contribution in [3.05, 3.63) is 0 Å². The molecule has 0 radical (unpaired) electrons. The number of piperidine rings is 1. The van der Waals surface area contributed by atoms with Crippen molar-refractivity contribution in [3.63, 3.8) is 0 Å². The van der Waals surface area contributed by atoms with Crippen LogP contribution in [0.3, 0.4) is 0 Å². The van der Waals surface area contributed by atoms with Crippen molar-refractivity contribution in [3.8, 4) is 0 Å². The van der Waals surface area contributed by atoms with E-state index < -0.39 is 0 Å². The standard InChI is InChI=1S/C18H33NO2/c1-13-5-14(2)9-19(8-13)10-18(20)12-21-11-17-7-15-3-4-16(17)6-15/h13-18,20H,3-12H2,1-2H3/t13-,14-,15+,16+,17-,18-/m0/s1. The van der Waals surface area contributed by atoms with Crippen LogP contribution in [0.2, 0.25) is 0 Å². The summed E-state index contributed by atoms with van der Waals surface area (Å²) in [6, 6.07) is 0. The third-order valence-corrected chi connectivity index (χ3v) is 5.94. The Labute approximate surface area is 130 Å². The Bertz CT molecular complexity index is 325. The largest absolute Gasteiger partial charge is 0.389 e. The van der Waals surface area contributed by atoms with Crippen LogP contribution in [0.4, 0.5) is 0 Å². The van der Waals surface area contributed by atoms with Crippen molar-refractivity contribution >= 4 is 0 Å². The van der Waals surface area contributed by atoms with Crippen LogP contribution in [-0.4, -0.2) is 49.0 Å². The van der Waals surface area contributed by atoms with Gasteiger partial charge in [-0.25, -0.2) is 0 Å². The molecule has 21 heavy (non-hydrogen) atoms. The minimum absolute atomic E-state index is 0.318. The third-order valence-electron chi connectivity index (χ3n) is 5.94. The van der Waals surface area contributed by atoms with Gasteiger partial charge < -0.3 is 14.7 Å². The highest BCUT2D eigenvalue weighted by Crippen LogP contribution is 2.48. The predicted octanol–water partition coefficient (Wildman–Crippen LogP) is 2.78. The van der Waals surface area contributed by atoms with E-state index in [2.05, 4.69) is 18.7 Å². The number of nitrogens with zero attached hydrogens (tertiary/aromatic N) is 1. The summed E-state index contributed by atoms with van der Waals surface area (Å²) in [6.45, 7) is 9.09. The van der Waals surface area contributed by atoms with E-state index in [1.807, 2.05) is 0 Å². The van der Waals surface area contributed by atoms with Gasteiger partial charge in [-0.05, 0) is 55.3 Å². The summed E-state index contributed by atoms with van der Waals surface area (Å²) in [5, 5.41) is 10.2. The minimum atomic E-state index is -0.318. The van der Waals surface area contributed by atoms with E-state index >= 15 is 0 Å². The number of rotatable bonds is 6. The second-order valence-electron chi connectivity index (χ2n) is 8.29. The van der Waals surface area contributed by atoms with Crippen molar-refractivity contribution in [2.24, 2.45) is 29.6 Å². The number of hydrogen-bond acceptors (Lipinski definition) is 3. The molecule has 1 N–H and O–H groups in total. The summed E-state index contributed by atoms with van der Waals surface area (Å²) in [5.41, 5.74) is 0. The van der Waals surface area contributed by atoms with E-state index in [-0.39, 0.29) is 6.10 Å². The lowest BCUT2D eigenvalue weighted by atomic mass is 9.89. The minimum Gasteiger partial charge on any atom is -0.389 e. The van der Waals surface area contributed by atoms with Gasteiger partial charge >= 0.3 is 0 Å². The fourth-order valence-electron chi connectivity index (χ4n) is 5.23. The molecular formula is C18H33NO2. The van der Waals surface area contributed by atoms with Crippen LogP contribution in [0.1, 0.15) is 46.0 Å². The summed E-state index contributed by atoms with van der Waals surface area (Å²) < 4.78 is 5.85. The highest BCUT2D eigenvalue weighted by Gasteiger charge is 2.39. The van der Waals surface area contributed by atoms with Gasteiger partial charge in [-0.1, -0.05) is 20.3 Å². The van der Waals surface area contributed by atoms with Crippen molar-refractivity contribution in [2.75, 3.05) is 32.8 Å². The Hall–Kier alpha value is -0.120. The average Bonchev–Trinajstić information content (AvgIpc) is 2.99. The van der Waals surface area contributed by atoms with Gasteiger partial charge in [-0.15, -0.1) is 0 Å². The van der Waals surface area contributed by atoms with E-state index in [9.17, 15) is 5.11 Å². The van der Waals surface area contributed by atoms with Gasteiger partial charge in [0.2, 0.25) is 0 Å². The van der Waals surface area contributed by atoms with E-state index in [0.29, 0.717) is 6.61 Å². The van der Waals surface area contributed by atoms with Crippen molar-refractivity contribution < 1.29 is 9.84 Å². The Morgan fingerprint density at radius 2 is 1.86 bits per heavy atom. The molecule has 0 amide bonds. The van der Waals surface area contributed by atoms with Gasteiger partial charge in [0.1, 0.15) is 0 Å². The summed E-state index contributed by atoms with van der Waals surface area (Å²) in [7, 11) is 0. The maximum Gasteiger partial charge on any atom is 0.0900 e. The van der Waals surface area contributed by atoms with Crippen LogP contribution >= 0.6 is 0 Å². The summed E-state index contributed by atoms with van der Waals surface area (Å²) in [5.74, 6) is 4.22. The van der Waals surface area contributed by atoms with Gasteiger partial charge in [0.05, 0.1) is 12.7 Å². The van der Waals surface area contributed by atoms with Crippen LogP contribution in [0.15, 0.2) is 0 Å². The smallest absolute Gasteiger partial charge is 0.0900 e. The second kappa shape index (κ2) is 6.97. The molecule has 0 aromatic heterocycles. The van der Waals surface area contributed by atoms with E-state index in [1.165, 1.54) is 32.1 Å². The lowest BCUT2D eigenvalue weighted by molar-refractivity contribution is -0.0105. The van der Waals surface area contributed by atoms with Crippen molar-refractivity contribution in [1.29, 1.82) is 0 Å². The summed E-state index contributed by atoms with van der Waals surface area (Å²) >= 11 is 0. The molecule has 2 saturated carbocycles. The zero-order valence-electron chi connectivity index (χ0n) is 13.8. The molecule has 0 aromatic rings. The van der Waals surface area contributed by atoms with Gasteiger partial charge in [-0.3, -0.25) is 0 Å². The van der Waals surface area contributed by atoms with Crippen LogP contribution in [-0.2, 0) is 4.74 Å². The number of fused-ring (bicyclic) bond motifs is 2. The van der Waals surface area contributed by atoms with E-state index in [1.54, 1.807) is 0 Å². The van der Waals surface area contributed by atoms with E-state index in [0.717, 1.165) is 55.8 Å². The first kappa shape index (κ1) is 15.8. The molecule has 2 bridgehead atoms. The molecule has 1 aliphatic heterocycles. The fourth-order valence-corrected chi connectivity index (χ4v) is 5.23. The van der Waals surface area contributed by atoms with Gasteiger partial charge in [-0.2, -0.15) is 0 Å². The lowest BCUT2D eigenvalue weighted by Gasteiger charge is -2.36. The quantitative estimate of drug-likeness (QED) is 0.818. The van der Waals surface area contributed by atoms with Gasteiger partial charge in [0.15, 0.2) is 0 Å². The number of aliphatic hydroxyl groups is 1. The SMILES string of the molecule is C[C@H]1C[C@H](C)CN(C[C@H](O)COC[C@@H]2C[C@@H]3CC[C@@H]2C3)C1. The predicted molar refractivity (Wildman–Crippen MR) is 85.1 cm³/mol. The monoisotopic (exact) mass is 295 g/mol. The summed E-state index contributed by atoms with van der Waals surface area (Å²) in [4.78, 5) is 2.42. The Morgan fingerprint density at radius 3 is 2.48 bits per heavy atom. The first-order valence-electron chi connectivity index (χ1n) is 9.08. The number of aliphatic hydroxyl groups excluding tert-OH is 1. The molecule has 1 heterocycles. The second-order valence-corrected chi connectivity index (χ2v) is 8.29. The maximum absolute atomic E-state index is 10.2. The normalized spacial score (nSPS) is 41.6. The Morgan fingerprint density at radius 1 is 1.10 bits per heavy atom. The Kier molecular flexibility index (Phi) is 5.23. The van der Waals surface area contributed by atoms with Crippen LogP contribution in [0.25, 0.3) is 0 Å².